The molecule has 6 nitrogen and oxygen atoms in total. The Morgan fingerprint density at radius 1 is 1.32 bits per heavy atom. The average Bonchev–Trinajstić information content (AvgIpc) is 3.10. The molecular weight excluding hydrogens is 316 g/mol. The van der Waals surface area contributed by atoms with E-state index in [4.69, 9.17) is 4.74 Å². The number of amides is 2. The van der Waals surface area contributed by atoms with Crippen LogP contribution in [0.1, 0.15) is 32.6 Å². The van der Waals surface area contributed by atoms with Gasteiger partial charge in [-0.25, -0.2) is 4.79 Å². The molecule has 1 N–H and O–H groups in total. The summed E-state index contributed by atoms with van der Waals surface area (Å²) in [5.41, 5.74) is 0. The normalized spacial score (nSPS) is 22.1. The minimum atomic E-state index is 0.0493. The van der Waals surface area contributed by atoms with Crippen molar-refractivity contribution >= 4 is 6.03 Å². The Hall–Kier alpha value is -1.82. The van der Waals surface area contributed by atoms with Crippen LogP contribution in [0.15, 0.2) is 24.5 Å². The number of likely N-dealkylation sites (tertiary alicyclic amines) is 2. The van der Waals surface area contributed by atoms with E-state index in [0.717, 1.165) is 25.3 Å². The molecule has 0 aliphatic carbocycles. The molecule has 1 aromatic heterocycles. The van der Waals surface area contributed by atoms with Crippen molar-refractivity contribution in [1.29, 1.82) is 0 Å². The number of carbonyl (C=O) groups is 1. The molecule has 1 atom stereocenters. The zero-order valence-electron chi connectivity index (χ0n) is 15.2. The lowest BCUT2D eigenvalue weighted by Gasteiger charge is -2.32. The van der Waals surface area contributed by atoms with Crippen molar-refractivity contribution in [2.75, 3.05) is 39.3 Å². The maximum Gasteiger partial charge on any atom is 0.317 e. The number of hydrogen-bond acceptors (Lipinski definition) is 4. The highest BCUT2D eigenvalue weighted by atomic mass is 16.5. The monoisotopic (exact) mass is 346 g/mol. The molecule has 0 spiro atoms. The van der Waals surface area contributed by atoms with Crippen LogP contribution in [0.2, 0.25) is 0 Å². The molecule has 3 heterocycles. The number of carbonyl (C=O) groups excluding carboxylic acids is 1. The van der Waals surface area contributed by atoms with E-state index in [1.807, 2.05) is 17.0 Å². The lowest BCUT2D eigenvalue weighted by atomic mass is 9.97. The second-order valence-corrected chi connectivity index (χ2v) is 7.13. The quantitative estimate of drug-likeness (QED) is 0.859. The molecule has 0 aromatic carbocycles. The van der Waals surface area contributed by atoms with Crippen molar-refractivity contribution in [3.8, 4) is 5.75 Å². The molecule has 25 heavy (non-hydrogen) atoms. The standard InChI is InChI=1S/C19H30N4O2/c1-2-9-22-10-5-16(6-11-22)13-21-19(24)23-12-7-18(15-23)25-17-4-3-8-20-14-17/h3-4,8,14,16,18H,2,5-7,9-13,15H2,1H3,(H,21,24)/t18-/m0/s1. The van der Waals surface area contributed by atoms with Gasteiger partial charge in [-0.3, -0.25) is 4.98 Å². The summed E-state index contributed by atoms with van der Waals surface area (Å²) in [5.74, 6) is 1.38. The van der Waals surface area contributed by atoms with E-state index in [0.29, 0.717) is 12.5 Å². The van der Waals surface area contributed by atoms with Crippen LogP contribution >= 0.6 is 0 Å². The van der Waals surface area contributed by atoms with Crippen molar-refractivity contribution in [2.24, 2.45) is 5.92 Å². The highest BCUT2D eigenvalue weighted by Crippen LogP contribution is 2.19. The van der Waals surface area contributed by atoms with E-state index in [9.17, 15) is 4.79 Å². The minimum Gasteiger partial charge on any atom is -0.487 e. The number of ether oxygens (including phenoxy) is 1. The van der Waals surface area contributed by atoms with Crippen molar-refractivity contribution in [1.82, 2.24) is 20.1 Å². The fourth-order valence-electron chi connectivity index (χ4n) is 3.69. The first kappa shape index (κ1) is 18.0. The third-order valence-corrected chi connectivity index (χ3v) is 5.16. The highest BCUT2D eigenvalue weighted by Gasteiger charge is 2.28. The van der Waals surface area contributed by atoms with Crippen LogP contribution in [0.25, 0.3) is 0 Å². The lowest BCUT2D eigenvalue weighted by molar-refractivity contribution is 0.171. The third kappa shape index (κ3) is 5.33. The molecule has 2 aliphatic heterocycles. The van der Waals surface area contributed by atoms with Crippen molar-refractivity contribution in [2.45, 2.75) is 38.7 Å². The molecule has 0 radical (unpaired) electrons. The number of nitrogens with one attached hydrogen (secondary N) is 1. The number of hydrogen-bond donors (Lipinski definition) is 1. The number of piperidine rings is 1. The molecular formula is C19H30N4O2. The zero-order chi connectivity index (χ0) is 17.5. The topological polar surface area (TPSA) is 57.7 Å². The molecule has 6 heteroatoms. The van der Waals surface area contributed by atoms with Crippen LogP contribution in [-0.4, -0.2) is 66.2 Å². The fourth-order valence-corrected chi connectivity index (χ4v) is 3.69. The van der Waals surface area contributed by atoms with E-state index < -0.39 is 0 Å². The number of aromatic nitrogens is 1. The van der Waals surface area contributed by atoms with Crippen molar-refractivity contribution in [3.63, 3.8) is 0 Å². The van der Waals surface area contributed by atoms with E-state index in [1.54, 1.807) is 12.4 Å². The van der Waals surface area contributed by atoms with Crippen LogP contribution in [0.5, 0.6) is 5.75 Å². The van der Waals surface area contributed by atoms with Gasteiger partial charge in [0.2, 0.25) is 0 Å². The summed E-state index contributed by atoms with van der Waals surface area (Å²) in [6.07, 6.45) is 7.98. The van der Waals surface area contributed by atoms with Gasteiger partial charge in [-0.2, -0.15) is 0 Å². The van der Waals surface area contributed by atoms with Gasteiger partial charge in [0, 0.05) is 25.7 Å². The molecule has 1 aromatic rings. The van der Waals surface area contributed by atoms with Gasteiger partial charge < -0.3 is 19.9 Å². The van der Waals surface area contributed by atoms with Crippen LogP contribution in [0.3, 0.4) is 0 Å². The van der Waals surface area contributed by atoms with Gasteiger partial charge in [-0.15, -0.1) is 0 Å². The maximum atomic E-state index is 12.4. The number of pyridine rings is 1. The molecule has 2 amide bonds. The largest absolute Gasteiger partial charge is 0.487 e. The Morgan fingerprint density at radius 3 is 2.88 bits per heavy atom. The average molecular weight is 346 g/mol. The molecule has 3 rings (SSSR count). The summed E-state index contributed by atoms with van der Waals surface area (Å²) in [7, 11) is 0. The summed E-state index contributed by atoms with van der Waals surface area (Å²) in [4.78, 5) is 20.8. The Morgan fingerprint density at radius 2 is 2.16 bits per heavy atom. The lowest BCUT2D eigenvalue weighted by Crippen LogP contribution is -2.43. The summed E-state index contributed by atoms with van der Waals surface area (Å²) in [6.45, 7) is 7.96. The highest BCUT2D eigenvalue weighted by molar-refractivity contribution is 5.74. The molecule has 0 unspecified atom stereocenters. The van der Waals surface area contributed by atoms with Crippen molar-refractivity contribution in [3.05, 3.63) is 24.5 Å². The van der Waals surface area contributed by atoms with Gasteiger partial charge in [0.25, 0.3) is 0 Å². The van der Waals surface area contributed by atoms with E-state index >= 15 is 0 Å². The second kappa shape index (κ2) is 9.04. The number of nitrogens with zero attached hydrogens (tertiary/aromatic N) is 3. The predicted molar refractivity (Wildman–Crippen MR) is 97.7 cm³/mol. The zero-order valence-corrected chi connectivity index (χ0v) is 15.2. The fraction of sp³-hybridized carbons (Fsp3) is 0.684. The Labute approximate surface area is 150 Å². The Balaban J connectivity index is 1.35. The molecule has 0 saturated carbocycles. The second-order valence-electron chi connectivity index (χ2n) is 7.13. The Bertz CT molecular complexity index is 531. The molecule has 2 saturated heterocycles. The first-order valence-corrected chi connectivity index (χ1v) is 9.56. The SMILES string of the molecule is CCCN1CCC(CNC(=O)N2CC[C@H](Oc3cccnc3)C2)CC1. The summed E-state index contributed by atoms with van der Waals surface area (Å²) >= 11 is 0. The maximum absolute atomic E-state index is 12.4. The first-order valence-electron chi connectivity index (χ1n) is 9.56. The predicted octanol–water partition coefficient (Wildman–Crippen LogP) is 2.37. The van der Waals surface area contributed by atoms with Crippen LogP contribution in [-0.2, 0) is 0 Å². The molecule has 2 aliphatic rings. The van der Waals surface area contributed by atoms with Gasteiger partial charge in [0.1, 0.15) is 11.9 Å². The number of rotatable bonds is 6. The van der Waals surface area contributed by atoms with E-state index in [1.165, 1.54) is 38.9 Å². The van der Waals surface area contributed by atoms with Gasteiger partial charge in [0.05, 0.1) is 12.7 Å². The smallest absolute Gasteiger partial charge is 0.317 e. The molecule has 0 bridgehead atoms. The number of urea groups is 1. The van der Waals surface area contributed by atoms with Crippen LogP contribution in [0, 0.1) is 5.92 Å². The minimum absolute atomic E-state index is 0.0493. The molecule has 138 valence electrons. The van der Waals surface area contributed by atoms with Gasteiger partial charge in [-0.05, 0) is 56.9 Å². The van der Waals surface area contributed by atoms with E-state index in [2.05, 4.69) is 22.1 Å². The summed E-state index contributed by atoms with van der Waals surface area (Å²) in [6, 6.07) is 3.81. The van der Waals surface area contributed by atoms with Crippen LogP contribution in [0.4, 0.5) is 4.79 Å². The molecule has 2 fully saturated rings. The van der Waals surface area contributed by atoms with Crippen molar-refractivity contribution < 1.29 is 9.53 Å². The first-order chi connectivity index (χ1) is 12.2. The van der Waals surface area contributed by atoms with Gasteiger partial charge >= 0.3 is 6.03 Å². The van der Waals surface area contributed by atoms with E-state index in [-0.39, 0.29) is 12.1 Å². The Kier molecular flexibility index (Phi) is 6.50. The summed E-state index contributed by atoms with van der Waals surface area (Å²) in [5, 5.41) is 3.13. The van der Waals surface area contributed by atoms with Gasteiger partial charge in [0.15, 0.2) is 0 Å². The van der Waals surface area contributed by atoms with Crippen LogP contribution < -0.4 is 10.1 Å². The van der Waals surface area contributed by atoms with Gasteiger partial charge in [-0.1, -0.05) is 6.92 Å². The third-order valence-electron chi connectivity index (χ3n) is 5.16. The summed E-state index contributed by atoms with van der Waals surface area (Å²) < 4.78 is 5.90.